The fraction of sp³-hybridized carbons (Fsp3) is 0.400. The molecule has 106 valence electrons. The first-order valence-corrected chi connectivity index (χ1v) is 7.27. The molecular formula is C15H16ClNO3. The van der Waals surface area contributed by atoms with Crippen LogP contribution in [-0.4, -0.2) is 36.6 Å². The van der Waals surface area contributed by atoms with Crippen LogP contribution in [0.4, 0.5) is 0 Å². The van der Waals surface area contributed by atoms with Crippen molar-refractivity contribution in [3.8, 4) is 11.5 Å². The smallest absolute Gasteiger partial charge is 0.249 e. The van der Waals surface area contributed by atoms with E-state index in [0.29, 0.717) is 5.88 Å². The number of hydrogen-bond acceptors (Lipinski definition) is 3. The first kappa shape index (κ1) is 13.3. The maximum absolute atomic E-state index is 12.2. The zero-order valence-electron chi connectivity index (χ0n) is 11.1. The van der Waals surface area contributed by atoms with Crippen LogP contribution in [0, 0.1) is 0 Å². The molecule has 4 nitrogen and oxygen atoms in total. The quantitative estimate of drug-likeness (QED) is 0.633. The zero-order valence-corrected chi connectivity index (χ0v) is 11.9. The highest BCUT2D eigenvalue weighted by atomic mass is 35.5. The Kier molecular flexibility index (Phi) is 3.83. The molecule has 2 aliphatic heterocycles. The van der Waals surface area contributed by atoms with Gasteiger partial charge in [-0.15, -0.1) is 11.6 Å². The predicted molar refractivity (Wildman–Crippen MR) is 77.1 cm³/mol. The number of alkyl halides is 1. The molecule has 0 bridgehead atoms. The summed E-state index contributed by atoms with van der Waals surface area (Å²) in [6.45, 7) is 1.79. The average molecular weight is 294 g/mol. The molecule has 0 unspecified atom stereocenters. The summed E-state index contributed by atoms with van der Waals surface area (Å²) in [6.07, 6.45) is 3.56. The minimum Gasteiger partial charge on any atom is -0.454 e. The number of likely N-dealkylation sites (tertiary alicyclic amines) is 1. The molecule has 0 radical (unpaired) electrons. The highest BCUT2D eigenvalue weighted by Gasteiger charge is 2.25. The predicted octanol–water partition coefficient (Wildman–Crippen LogP) is 2.66. The van der Waals surface area contributed by atoms with Crippen LogP contribution in [0.1, 0.15) is 18.4 Å². The summed E-state index contributed by atoms with van der Waals surface area (Å²) in [5.74, 6) is 2.20. The first-order chi connectivity index (χ1) is 9.78. The van der Waals surface area contributed by atoms with Gasteiger partial charge in [-0.25, -0.2) is 0 Å². The second-order valence-electron chi connectivity index (χ2n) is 4.87. The van der Waals surface area contributed by atoms with Gasteiger partial charge >= 0.3 is 0 Å². The van der Waals surface area contributed by atoms with Gasteiger partial charge in [-0.05, 0) is 36.6 Å². The number of amides is 1. The molecule has 3 rings (SSSR count). The number of hydrogen-bond donors (Lipinski definition) is 0. The van der Waals surface area contributed by atoms with E-state index in [0.717, 1.165) is 48.6 Å². The van der Waals surface area contributed by atoms with Crippen molar-refractivity contribution >= 4 is 23.6 Å². The standard InChI is InChI=1S/C15H16ClNO3/c16-5-1-6-17-7-4-12(15(17)18)8-11-2-3-13-14(9-11)20-10-19-13/h2-3,8-9H,1,4-7,10H2. The first-order valence-electron chi connectivity index (χ1n) is 6.73. The molecule has 2 heterocycles. The van der Waals surface area contributed by atoms with E-state index in [4.69, 9.17) is 21.1 Å². The largest absolute Gasteiger partial charge is 0.454 e. The molecule has 0 aromatic heterocycles. The Morgan fingerprint density at radius 1 is 1.30 bits per heavy atom. The van der Waals surface area contributed by atoms with Gasteiger partial charge in [0, 0.05) is 24.5 Å². The van der Waals surface area contributed by atoms with Crippen molar-refractivity contribution in [2.45, 2.75) is 12.8 Å². The molecule has 1 aromatic rings. The average Bonchev–Trinajstić information content (AvgIpc) is 3.05. The van der Waals surface area contributed by atoms with Gasteiger partial charge in [-0.2, -0.15) is 0 Å². The van der Waals surface area contributed by atoms with Crippen molar-refractivity contribution in [1.29, 1.82) is 0 Å². The Balaban J connectivity index is 1.74. The van der Waals surface area contributed by atoms with Gasteiger partial charge in [-0.1, -0.05) is 6.07 Å². The van der Waals surface area contributed by atoms with E-state index < -0.39 is 0 Å². The third kappa shape index (κ3) is 2.61. The summed E-state index contributed by atoms with van der Waals surface area (Å²) in [5, 5.41) is 0. The van der Waals surface area contributed by atoms with Crippen LogP contribution >= 0.6 is 11.6 Å². The molecule has 2 aliphatic rings. The zero-order chi connectivity index (χ0) is 13.9. The van der Waals surface area contributed by atoms with Gasteiger partial charge in [0.05, 0.1) is 0 Å². The SMILES string of the molecule is O=C1C(=Cc2ccc3c(c2)OCO3)CCN1CCCCl. The normalized spacial score (nSPS) is 19.1. The van der Waals surface area contributed by atoms with Crippen molar-refractivity contribution in [1.82, 2.24) is 4.90 Å². The maximum atomic E-state index is 12.2. The molecule has 0 saturated carbocycles. The van der Waals surface area contributed by atoms with Crippen molar-refractivity contribution in [2.24, 2.45) is 0 Å². The molecule has 0 spiro atoms. The molecular weight excluding hydrogens is 278 g/mol. The van der Waals surface area contributed by atoms with E-state index >= 15 is 0 Å². The number of rotatable bonds is 4. The van der Waals surface area contributed by atoms with Gasteiger partial charge in [-0.3, -0.25) is 4.79 Å². The fourth-order valence-corrected chi connectivity index (χ4v) is 2.59. The van der Waals surface area contributed by atoms with E-state index in [1.54, 1.807) is 0 Å². The van der Waals surface area contributed by atoms with E-state index in [-0.39, 0.29) is 12.7 Å². The Hall–Kier alpha value is -1.68. The van der Waals surface area contributed by atoms with Crippen LogP contribution in [0.5, 0.6) is 11.5 Å². The summed E-state index contributed by atoms with van der Waals surface area (Å²) in [7, 11) is 0. The third-order valence-corrected chi connectivity index (χ3v) is 3.78. The Bertz CT molecular complexity index is 556. The topological polar surface area (TPSA) is 38.8 Å². The summed E-state index contributed by atoms with van der Waals surface area (Å²) in [5.41, 5.74) is 1.82. The van der Waals surface area contributed by atoms with Crippen molar-refractivity contribution in [2.75, 3.05) is 25.8 Å². The van der Waals surface area contributed by atoms with E-state index in [1.165, 1.54) is 0 Å². The molecule has 1 aromatic carbocycles. The molecule has 1 amide bonds. The van der Waals surface area contributed by atoms with Gasteiger partial charge in [0.25, 0.3) is 0 Å². The van der Waals surface area contributed by atoms with Gasteiger partial charge in [0.1, 0.15) is 0 Å². The molecule has 0 atom stereocenters. The molecule has 0 aliphatic carbocycles. The van der Waals surface area contributed by atoms with E-state index in [1.807, 2.05) is 29.2 Å². The number of benzene rings is 1. The van der Waals surface area contributed by atoms with Crippen LogP contribution < -0.4 is 9.47 Å². The number of fused-ring (bicyclic) bond motifs is 1. The maximum Gasteiger partial charge on any atom is 0.249 e. The highest BCUT2D eigenvalue weighted by Crippen LogP contribution is 2.33. The van der Waals surface area contributed by atoms with E-state index in [9.17, 15) is 4.79 Å². The molecule has 0 N–H and O–H groups in total. The Labute approximate surface area is 122 Å². The number of carbonyl (C=O) groups excluding carboxylic acids is 1. The monoisotopic (exact) mass is 293 g/mol. The van der Waals surface area contributed by atoms with Gasteiger partial charge in [0.2, 0.25) is 12.7 Å². The number of nitrogens with zero attached hydrogens (tertiary/aromatic N) is 1. The fourth-order valence-electron chi connectivity index (χ4n) is 2.47. The highest BCUT2D eigenvalue weighted by molar-refractivity contribution is 6.17. The lowest BCUT2D eigenvalue weighted by Gasteiger charge is -2.13. The number of ether oxygens (including phenoxy) is 2. The summed E-state index contributed by atoms with van der Waals surface area (Å²) in [4.78, 5) is 14.1. The van der Waals surface area contributed by atoms with Crippen LogP contribution in [0.3, 0.4) is 0 Å². The summed E-state index contributed by atoms with van der Waals surface area (Å²) in [6, 6.07) is 5.72. The van der Waals surface area contributed by atoms with Crippen molar-refractivity contribution < 1.29 is 14.3 Å². The lowest BCUT2D eigenvalue weighted by Crippen LogP contribution is -2.26. The van der Waals surface area contributed by atoms with Crippen LogP contribution in [0.15, 0.2) is 23.8 Å². The van der Waals surface area contributed by atoms with Crippen molar-refractivity contribution in [3.05, 3.63) is 29.3 Å². The van der Waals surface area contributed by atoms with Gasteiger partial charge in [0.15, 0.2) is 11.5 Å². The lowest BCUT2D eigenvalue weighted by molar-refractivity contribution is -0.124. The second-order valence-corrected chi connectivity index (χ2v) is 5.24. The van der Waals surface area contributed by atoms with Crippen LogP contribution in [0.2, 0.25) is 0 Å². The van der Waals surface area contributed by atoms with Crippen LogP contribution in [0.25, 0.3) is 6.08 Å². The summed E-state index contributed by atoms with van der Waals surface area (Å²) >= 11 is 5.67. The minimum absolute atomic E-state index is 0.118. The summed E-state index contributed by atoms with van der Waals surface area (Å²) < 4.78 is 10.6. The minimum atomic E-state index is 0.118. The number of carbonyl (C=O) groups is 1. The molecule has 1 fully saturated rings. The van der Waals surface area contributed by atoms with Crippen LogP contribution in [-0.2, 0) is 4.79 Å². The van der Waals surface area contributed by atoms with Crippen molar-refractivity contribution in [3.63, 3.8) is 0 Å². The Morgan fingerprint density at radius 3 is 3.00 bits per heavy atom. The second kappa shape index (κ2) is 5.75. The van der Waals surface area contributed by atoms with Gasteiger partial charge < -0.3 is 14.4 Å². The molecule has 20 heavy (non-hydrogen) atoms. The van der Waals surface area contributed by atoms with E-state index in [2.05, 4.69) is 0 Å². The number of halogens is 1. The Morgan fingerprint density at radius 2 is 2.15 bits per heavy atom. The lowest BCUT2D eigenvalue weighted by atomic mass is 10.1. The molecule has 1 saturated heterocycles. The molecule has 5 heteroatoms. The third-order valence-electron chi connectivity index (χ3n) is 3.51.